The molecule has 2 aromatic rings. The predicted molar refractivity (Wildman–Crippen MR) is 126 cm³/mol. The quantitative estimate of drug-likeness (QED) is 0.391. The summed E-state index contributed by atoms with van der Waals surface area (Å²) in [6.07, 6.45) is 2.97. The molecule has 0 N–H and O–H groups in total. The van der Waals surface area contributed by atoms with Gasteiger partial charge in [-0.3, -0.25) is 4.79 Å². The van der Waals surface area contributed by atoms with Crippen molar-refractivity contribution < 1.29 is 14.3 Å². The molecule has 2 aromatic carbocycles. The van der Waals surface area contributed by atoms with Gasteiger partial charge in [-0.1, -0.05) is 44.2 Å². The SMILES string of the molecule is CN(C)c1ccc(/C=C(\C#N)C(=O)OCC(=O)/C=C2/N(C)c3ccccc3C2(C)C)cc1. The van der Waals surface area contributed by atoms with Gasteiger partial charge in [0.15, 0.2) is 12.4 Å². The van der Waals surface area contributed by atoms with Gasteiger partial charge < -0.3 is 14.5 Å². The van der Waals surface area contributed by atoms with Gasteiger partial charge in [0.25, 0.3) is 0 Å². The normalized spacial score (nSPS) is 15.8. The van der Waals surface area contributed by atoms with Crippen LogP contribution < -0.4 is 9.80 Å². The summed E-state index contributed by atoms with van der Waals surface area (Å²) in [5, 5.41) is 9.37. The van der Waals surface area contributed by atoms with Crippen molar-refractivity contribution in [2.24, 2.45) is 0 Å². The summed E-state index contributed by atoms with van der Waals surface area (Å²) in [5.41, 5.74) is 4.21. The van der Waals surface area contributed by atoms with Crippen molar-refractivity contribution in [1.82, 2.24) is 0 Å². The topological polar surface area (TPSA) is 73.6 Å². The first-order valence-electron chi connectivity index (χ1n) is 10.3. The van der Waals surface area contributed by atoms with Crippen LogP contribution in [0.15, 0.2) is 65.9 Å². The number of ketones is 1. The van der Waals surface area contributed by atoms with Crippen LogP contribution in [0.5, 0.6) is 0 Å². The van der Waals surface area contributed by atoms with Gasteiger partial charge in [0.2, 0.25) is 0 Å². The van der Waals surface area contributed by atoms with Gasteiger partial charge in [-0.2, -0.15) is 5.26 Å². The standard InChI is InChI=1S/C26H27N3O3/c1-26(2)22-8-6-7-9-23(22)29(5)24(26)15-21(30)17-32-25(31)19(16-27)14-18-10-12-20(13-11-18)28(3)4/h6-15H,17H2,1-5H3/b19-14+,24-15+. The van der Waals surface area contributed by atoms with E-state index >= 15 is 0 Å². The molecule has 164 valence electrons. The van der Waals surface area contributed by atoms with Gasteiger partial charge in [-0.15, -0.1) is 0 Å². The molecular formula is C26H27N3O3. The zero-order chi connectivity index (χ0) is 23.5. The summed E-state index contributed by atoms with van der Waals surface area (Å²) in [6.45, 7) is 3.68. The molecule has 1 aliphatic heterocycles. The molecule has 32 heavy (non-hydrogen) atoms. The Labute approximate surface area is 189 Å². The summed E-state index contributed by atoms with van der Waals surface area (Å²) >= 11 is 0. The van der Waals surface area contributed by atoms with Crippen molar-refractivity contribution in [2.45, 2.75) is 19.3 Å². The molecule has 0 spiro atoms. The third kappa shape index (κ3) is 4.57. The fourth-order valence-corrected chi connectivity index (χ4v) is 3.84. The lowest BCUT2D eigenvalue weighted by Crippen LogP contribution is -2.25. The maximum absolute atomic E-state index is 12.6. The number of ether oxygens (including phenoxy) is 1. The average molecular weight is 430 g/mol. The minimum Gasteiger partial charge on any atom is -0.453 e. The maximum Gasteiger partial charge on any atom is 0.349 e. The van der Waals surface area contributed by atoms with Crippen LogP contribution in [0.4, 0.5) is 11.4 Å². The van der Waals surface area contributed by atoms with Gasteiger partial charge in [0, 0.05) is 49.7 Å². The summed E-state index contributed by atoms with van der Waals surface area (Å²) in [6, 6.07) is 17.3. The van der Waals surface area contributed by atoms with Crippen molar-refractivity contribution in [3.63, 3.8) is 0 Å². The monoisotopic (exact) mass is 429 g/mol. The number of hydrogen-bond acceptors (Lipinski definition) is 6. The fourth-order valence-electron chi connectivity index (χ4n) is 3.84. The van der Waals surface area contributed by atoms with Crippen LogP contribution in [-0.2, 0) is 19.7 Å². The summed E-state index contributed by atoms with van der Waals surface area (Å²) in [4.78, 5) is 28.9. The Kier molecular flexibility index (Phi) is 6.50. The van der Waals surface area contributed by atoms with Crippen LogP contribution in [0.3, 0.4) is 0 Å². The Hall–Kier alpha value is -3.85. The smallest absolute Gasteiger partial charge is 0.349 e. The molecule has 0 radical (unpaired) electrons. The number of carbonyl (C=O) groups is 2. The molecule has 0 aliphatic carbocycles. The van der Waals surface area contributed by atoms with E-state index in [1.54, 1.807) is 0 Å². The van der Waals surface area contributed by atoms with E-state index in [0.29, 0.717) is 5.56 Å². The van der Waals surface area contributed by atoms with Crippen LogP contribution in [0, 0.1) is 11.3 Å². The second kappa shape index (κ2) is 9.11. The minimum atomic E-state index is -0.821. The zero-order valence-electron chi connectivity index (χ0n) is 19.0. The number of benzene rings is 2. The molecule has 0 amide bonds. The lowest BCUT2D eigenvalue weighted by Gasteiger charge is -2.23. The van der Waals surface area contributed by atoms with Crippen molar-refractivity contribution in [3.05, 3.63) is 77.0 Å². The lowest BCUT2D eigenvalue weighted by atomic mass is 9.83. The fraction of sp³-hybridized carbons (Fsp3) is 0.269. The van der Waals surface area contributed by atoms with Crippen LogP contribution in [-0.4, -0.2) is 39.5 Å². The average Bonchev–Trinajstić information content (AvgIpc) is 2.97. The van der Waals surface area contributed by atoms with Crippen molar-refractivity contribution >= 4 is 29.2 Å². The molecule has 6 nitrogen and oxygen atoms in total. The summed E-state index contributed by atoms with van der Waals surface area (Å²) in [7, 11) is 5.77. The van der Waals surface area contributed by atoms with Crippen LogP contribution in [0.25, 0.3) is 6.08 Å². The second-order valence-corrected chi connectivity index (χ2v) is 8.43. The molecular weight excluding hydrogens is 402 g/mol. The van der Waals surface area contributed by atoms with E-state index in [4.69, 9.17) is 4.74 Å². The largest absolute Gasteiger partial charge is 0.453 e. The number of para-hydroxylation sites is 1. The molecule has 0 bridgehead atoms. The summed E-state index contributed by atoms with van der Waals surface area (Å²) in [5.74, 6) is -1.16. The summed E-state index contributed by atoms with van der Waals surface area (Å²) < 4.78 is 5.13. The highest BCUT2D eigenvalue weighted by Crippen LogP contribution is 2.46. The van der Waals surface area contributed by atoms with E-state index in [1.807, 2.05) is 85.5 Å². The third-order valence-corrected chi connectivity index (χ3v) is 5.64. The predicted octanol–water partition coefficient (Wildman–Crippen LogP) is 4.08. The first-order chi connectivity index (χ1) is 15.1. The highest BCUT2D eigenvalue weighted by atomic mass is 16.5. The number of nitriles is 1. The highest BCUT2D eigenvalue weighted by molar-refractivity contribution is 6.00. The van der Waals surface area contributed by atoms with E-state index in [-0.39, 0.29) is 16.8 Å². The Bertz CT molecular complexity index is 1140. The van der Waals surface area contributed by atoms with Crippen molar-refractivity contribution in [1.29, 1.82) is 5.26 Å². The van der Waals surface area contributed by atoms with Gasteiger partial charge in [0.05, 0.1) is 0 Å². The minimum absolute atomic E-state index is 0.159. The Morgan fingerprint density at radius 2 is 1.78 bits per heavy atom. The van der Waals surface area contributed by atoms with E-state index in [9.17, 15) is 14.9 Å². The van der Waals surface area contributed by atoms with Gasteiger partial charge in [-0.05, 0) is 35.4 Å². The van der Waals surface area contributed by atoms with Gasteiger partial charge >= 0.3 is 5.97 Å². The van der Waals surface area contributed by atoms with E-state index in [0.717, 1.165) is 22.6 Å². The van der Waals surface area contributed by atoms with Gasteiger partial charge in [0.1, 0.15) is 11.6 Å². The third-order valence-electron chi connectivity index (χ3n) is 5.64. The molecule has 0 unspecified atom stereocenters. The van der Waals surface area contributed by atoms with Gasteiger partial charge in [-0.25, -0.2) is 4.79 Å². The highest BCUT2D eigenvalue weighted by Gasteiger charge is 2.38. The molecule has 1 heterocycles. The number of carbonyl (C=O) groups excluding carboxylic acids is 2. The van der Waals surface area contributed by atoms with Crippen LogP contribution in [0.1, 0.15) is 25.0 Å². The van der Waals surface area contributed by atoms with Crippen molar-refractivity contribution in [3.8, 4) is 6.07 Å². The molecule has 6 heteroatoms. The molecule has 0 saturated heterocycles. The van der Waals surface area contributed by atoms with E-state index in [1.165, 1.54) is 12.2 Å². The van der Waals surface area contributed by atoms with E-state index in [2.05, 4.69) is 13.8 Å². The number of nitrogens with zero attached hydrogens (tertiary/aromatic N) is 3. The molecule has 0 atom stereocenters. The molecule has 0 saturated carbocycles. The molecule has 3 rings (SSSR count). The number of fused-ring (bicyclic) bond motifs is 1. The Balaban J connectivity index is 1.69. The molecule has 1 aliphatic rings. The van der Waals surface area contributed by atoms with Crippen LogP contribution >= 0.6 is 0 Å². The number of anilines is 2. The van der Waals surface area contributed by atoms with Crippen molar-refractivity contribution in [2.75, 3.05) is 37.5 Å². The number of rotatable bonds is 6. The molecule has 0 aromatic heterocycles. The number of esters is 1. The first kappa shape index (κ1) is 22.8. The van der Waals surface area contributed by atoms with E-state index < -0.39 is 12.6 Å². The van der Waals surface area contributed by atoms with Crippen LogP contribution in [0.2, 0.25) is 0 Å². The number of likely N-dealkylation sites (N-methyl/N-ethyl adjacent to an activating group) is 1. The Morgan fingerprint density at radius 1 is 1.12 bits per heavy atom. The number of hydrogen-bond donors (Lipinski definition) is 0. The molecule has 0 fully saturated rings. The maximum atomic E-state index is 12.6. The second-order valence-electron chi connectivity index (χ2n) is 8.43. The zero-order valence-corrected chi connectivity index (χ0v) is 19.0. The Morgan fingerprint density at radius 3 is 2.38 bits per heavy atom. The first-order valence-corrected chi connectivity index (χ1v) is 10.3. The number of allylic oxidation sites excluding steroid dienone is 1. The lowest BCUT2D eigenvalue weighted by molar-refractivity contribution is -0.142.